The first kappa shape index (κ1) is 24.1. The van der Waals surface area contributed by atoms with Gasteiger partial charge in [-0.1, -0.05) is 18.6 Å². The van der Waals surface area contributed by atoms with Gasteiger partial charge >= 0.3 is 0 Å². The molecule has 3 heterocycles. The quantitative estimate of drug-likeness (QED) is 0.682. The number of amides is 3. The van der Waals surface area contributed by atoms with E-state index in [9.17, 15) is 14.4 Å². The van der Waals surface area contributed by atoms with E-state index in [1.165, 1.54) is 4.80 Å². The number of fused-ring (bicyclic) bond motifs is 1. The molecule has 2 fully saturated rings. The van der Waals surface area contributed by atoms with E-state index in [1.54, 1.807) is 11.8 Å². The van der Waals surface area contributed by atoms with Crippen molar-refractivity contribution in [3.05, 3.63) is 24.3 Å². The number of piperidine rings is 1. The van der Waals surface area contributed by atoms with Gasteiger partial charge in [-0.3, -0.25) is 14.4 Å². The van der Waals surface area contributed by atoms with Gasteiger partial charge < -0.3 is 20.3 Å². The van der Waals surface area contributed by atoms with Crippen LogP contribution in [0.3, 0.4) is 0 Å². The van der Waals surface area contributed by atoms with E-state index in [4.69, 9.17) is 4.74 Å². The van der Waals surface area contributed by atoms with E-state index < -0.39 is 11.5 Å². The Balaban J connectivity index is 1.39. The van der Waals surface area contributed by atoms with Crippen LogP contribution in [-0.2, 0) is 25.7 Å². The van der Waals surface area contributed by atoms with Crippen LogP contribution >= 0.6 is 0 Å². The van der Waals surface area contributed by atoms with E-state index in [0.29, 0.717) is 52.1 Å². The Morgan fingerprint density at radius 2 is 1.74 bits per heavy atom. The smallest absolute Gasteiger partial charge is 0.246 e. The molecule has 2 aliphatic heterocycles. The maximum absolute atomic E-state index is 13.3. The van der Waals surface area contributed by atoms with Gasteiger partial charge in [0.15, 0.2) is 0 Å². The van der Waals surface area contributed by atoms with Crippen LogP contribution in [0.25, 0.3) is 11.0 Å². The summed E-state index contributed by atoms with van der Waals surface area (Å²) in [6, 6.07) is 6.91. The van der Waals surface area contributed by atoms with Crippen molar-refractivity contribution in [2.24, 2.45) is 5.41 Å². The fraction of sp³-hybridized carbons (Fsp3) is 0.625. The molecule has 0 radical (unpaired) electrons. The highest BCUT2D eigenvalue weighted by molar-refractivity contribution is 5.90. The summed E-state index contributed by atoms with van der Waals surface area (Å²) < 4.78 is 5.65. The molecule has 1 atom stereocenters. The molecule has 1 spiro atoms. The van der Waals surface area contributed by atoms with Crippen LogP contribution in [0.2, 0.25) is 0 Å². The van der Waals surface area contributed by atoms with Gasteiger partial charge in [0.25, 0.3) is 0 Å². The summed E-state index contributed by atoms with van der Waals surface area (Å²) in [5, 5.41) is 14.5. The molecule has 2 aromatic rings. The summed E-state index contributed by atoms with van der Waals surface area (Å²) in [5.41, 5.74) is 0.923. The first-order valence-corrected chi connectivity index (χ1v) is 12.2. The van der Waals surface area contributed by atoms with E-state index in [2.05, 4.69) is 20.8 Å². The van der Waals surface area contributed by atoms with Crippen LogP contribution < -0.4 is 10.6 Å². The Morgan fingerprint density at radius 1 is 1.06 bits per heavy atom. The van der Waals surface area contributed by atoms with Gasteiger partial charge in [-0.25, -0.2) is 0 Å². The third-order valence-electron chi connectivity index (χ3n) is 6.86. The third-order valence-corrected chi connectivity index (χ3v) is 6.86. The average Bonchev–Trinajstić information content (AvgIpc) is 3.24. The molecular weight excluding hydrogens is 436 g/mol. The maximum atomic E-state index is 13.3. The minimum Gasteiger partial charge on any atom is -0.381 e. The monoisotopic (exact) mass is 470 g/mol. The van der Waals surface area contributed by atoms with Gasteiger partial charge in [0.05, 0.1) is 5.41 Å². The molecule has 0 bridgehead atoms. The zero-order chi connectivity index (χ0) is 24.0. The van der Waals surface area contributed by atoms with E-state index in [-0.39, 0.29) is 24.3 Å². The highest BCUT2D eigenvalue weighted by atomic mass is 16.5. The lowest BCUT2D eigenvalue weighted by atomic mass is 9.73. The molecule has 0 saturated carbocycles. The second-order valence-corrected chi connectivity index (χ2v) is 9.29. The normalized spacial score (nSPS) is 22.7. The van der Waals surface area contributed by atoms with Crippen molar-refractivity contribution < 1.29 is 19.1 Å². The van der Waals surface area contributed by atoms with E-state index in [0.717, 1.165) is 30.3 Å². The molecule has 2 N–H and O–H groups in total. The van der Waals surface area contributed by atoms with Crippen molar-refractivity contribution in [1.82, 2.24) is 30.5 Å². The van der Waals surface area contributed by atoms with Crippen molar-refractivity contribution >= 4 is 28.8 Å². The van der Waals surface area contributed by atoms with Gasteiger partial charge in [0.2, 0.25) is 17.7 Å². The Morgan fingerprint density at radius 3 is 2.44 bits per heavy atom. The van der Waals surface area contributed by atoms with Crippen molar-refractivity contribution in [2.75, 3.05) is 32.8 Å². The van der Waals surface area contributed by atoms with Crippen LogP contribution in [0.4, 0.5) is 0 Å². The zero-order valence-electron chi connectivity index (χ0n) is 19.8. The van der Waals surface area contributed by atoms with Crippen LogP contribution in [-0.4, -0.2) is 76.5 Å². The Hall–Kier alpha value is -3.01. The van der Waals surface area contributed by atoms with Crippen LogP contribution in [0.15, 0.2) is 24.3 Å². The zero-order valence-corrected chi connectivity index (χ0v) is 19.8. The number of nitrogens with zero attached hydrogens (tertiary/aromatic N) is 4. The predicted octanol–water partition coefficient (Wildman–Crippen LogP) is 1.25. The summed E-state index contributed by atoms with van der Waals surface area (Å²) in [4.78, 5) is 41.8. The number of carbonyl (C=O) groups excluding carboxylic acids is 3. The number of hydrogen-bond acceptors (Lipinski definition) is 6. The highest BCUT2D eigenvalue weighted by Gasteiger charge is 2.42. The average molecular weight is 471 g/mol. The van der Waals surface area contributed by atoms with Crippen LogP contribution in [0.5, 0.6) is 0 Å². The van der Waals surface area contributed by atoms with E-state index in [1.807, 2.05) is 24.3 Å². The Kier molecular flexibility index (Phi) is 7.77. The highest BCUT2D eigenvalue weighted by Crippen LogP contribution is 2.37. The molecule has 184 valence electrons. The van der Waals surface area contributed by atoms with Crippen molar-refractivity contribution in [1.29, 1.82) is 0 Å². The first-order chi connectivity index (χ1) is 16.5. The molecule has 0 aliphatic carbocycles. The van der Waals surface area contributed by atoms with Crippen LogP contribution in [0, 0.1) is 5.41 Å². The summed E-state index contributed by atoms with van der Waals surface area (Å²) in [7, 11) is 0. The lowest BCUT2D eigenvalue weighted by Crippen LogP contribution is -2.54. The van der Waals surface area contributed by atoms with Gasteiger partial charge in [-0.2, -0.15) is 15.0 Å². The number of benzene rings is 1. The van der Waals surface area contributed by atoms with Crippen molar-refractivity contribution in [3.63, 3.8) is 0 Å². The van der Waals surface area contributed by atoms with E-state index >= 15 is 0 Å². The van der Waals surface area contributed by atoms with Gasteiger partial charge in [-0.15, -0.1) is 0 Å². The molecule has 2 aliphatic rings. The molecule has 10 heteroatoms. The predicted molar refractivity (Wildman–Crippen MR) is 126 cm³/mol. The topological polar surface area (TPSA) is 118 Å². The molecule has 3 amide bonds. The molecule has 1 aromatic heterocycles. The molecule has 1 aromatic carbocycles. The first-order valence-electron chi connectivity index (χ1n) is 12.2. The number of ether oxygens (including phenoxy) is 1. The lowest BCUT2D eigenvalue weighted by Gasteiger charge is -2.41. The van der Waals surface area contributed by atoms with Crippen LogP contribution in [0.1, 0.15) is 45.4 Å². The molecular formula is C24H34N6O4. The molecule has 10 nitrogen and oxygen atoms in total. The molecule has 34 heavy (non-hydrogen) atoms. The number of hydrogen-bond donors (Lipinski definition) is 2. The number of nitrogens with one attached hydrogen (secondary N) is 2. The molecule has 2 saturated heterocycles. The second-order valence-electron chi connectivity index (χ2n) is 9.29. The molecule has 0 unspecified atom stereocenters. The van der Waals surface area contributed by atoms with Gasteiger partial charge in [0.1, 0.15) is 23.6 Å². The standard InChI is InChI=1S/C24H34N6O4/c1-18-22(32)25-12-6-16-34-15-5-4-9-24(23(33)26-18)10-13-29(14-11-24)21(31)17-30-27-19-7-2-3-8-20(19)28-30/h2-3,7-8,18H,4-6,9-17H2,1H3,(H,25,32)(H,26,33)/t18-/m0/s1. The van der Waals surface area contributed by atoms with Gasteiger partial charge in [-0.05, 0) is 51.2 Å². The van der Waals surface area contributed by atoms with Crippen molar-refractivity contribution in [2.45, 2.75) is 58.0 Å². The number of likely N-dealkylation sites (tertiary alicyclic amines) is 1. The Bertz CT molecular complexity index is 981. The number of carbonyl (C=O) groups is 3. The Labute approximate surface area is 199 Å². The number of aromatic nitrogens is 3. The largest absolute Gasteiger partial charge is 0.381 e. The molecule has 4 rings (SSSR count). The lowest BCUT2D eigenvalue weighted by molar-refractivity contribution is -0.143. The minimum absolute atomic E-state index is 0.0578. The summed E-state index contributed by atoms with van der Waals surface area (Å²) in [5.74, 6) is -0.342. The minimum atomic E-state index is -0.604. The fourth-order valence-corrected chi connectivity index (χ4v) is 4.69. The van der Waals surface area contributed by atoms with Gasteiger partial charge in [0, 0.05) is 32.8 Å². The summed E-state index contributed by atoms with van der Waals surface area (Å²) in [6.45, 7) is 4.56. The van der Waals surface area contributed by atoms with Crippen molar-refractivity contribution in [3.8, 4) is 0 Å². The second kappa shape index (κ2) is 10.9. The fourth-order valence-electron chi connectivity index (χ4n) is 4.69. The summed E-state index contributed by atoms with van der Waals surface area (Å²) in [6.07, 6.45) is 4.35. The number of rotatable bonds is 2. The third kappa shape index (κ3) is 5.72. The maximum Gasteiger partial charge on any atom is 0.246 e. The summed E-state index contributed by atoms with van der Waals surface area (Å²) >= 11 is 0. The SMILES string of the molecule is C[C@@H]1NC(=O)C2(CCCCOCCCNC1=O)CCN(C(=O)Cn1nc3ccccc3n1)CC2.